The molecule has 1 unspecified atom stereocenters. The van der Waals surface area contributed by atoms with E-state index in [1.807, 2.05) is 0 Å². The first kappa shape index (κ1) is 7.92. The lowest BCUT2D eigenvalue weighted by Crippen LogP contribution is -2.44. The molecule has 0 bridgehead atoms. The van der Waals surface area contributed by atoms with Gasteiger partial charge in [0.25, 0.3) is 6.43 Å². The minimum atomic E-state index is -2.60. The Hall–Kier alpha value is -0.180. The standard InChI is InChI=1S/C7H12F2O/c1-7(10,6(8)9)5-3-2-4-5/h5-6,10H,2-4H2,1H3. The second kappa shape index (κ2) is 2.46. The van der Waals surface area contributed by atoms with Crippen LogP contribution in [0.15, 0.2) is 0 Å². The highest BCUT2D eigenvalue weighted by atomic mass is 19.3. The minimum absolute atomic E-state index is 0.174. The van der Waals surface area contributed by atoms with Gasteiger partial charge in [0, 0.05) is 0 Å². The Labute approximate surface area is 59.0 Å². The molecule has 0 aromatic rings. The molecule has 10 heavy (non-hydrogen) atoms. The van der Waals surface area contributed by atoms with Gasteiger partial charge in [-0.3, -0.25) is 0 Å². The van der Waals surface area contributed by atoms with Gasteiger partial charge in [0.15, 0.2) is 0 Å². The highest BCUT2D eigenvalue weighted by Gasteiger charge is 2.43. The van der Waals surface area contributed by atoms with Gasteiger partial charge >= 0.3 is 0 Å². The van der Waals surface area contributed by atoms with Crippen LogP contribution in [-0.2, 0) is 0 Å². The van der Waals surface area contributed by atoms with Crippen LogP contribution in [0.4, 0.5) is 8.78 Å². The maximum absolute atomic E-state index is 12.0. The molecule has 1 rings (SSSR count). The zero-order valence-corrected chi connectivity index (χ0v) is 5.98. The number of rotatable bonds is 2. The SMILES string of the molecule is CC(O)(C(F)F)C1CCC1. The van der Waals surface area contributed by atoms with Crippen LogP contribution < -0.4 is 0 Å². The van der Waals surface area contributed by atoms with Crippen LogP contribution in [-0.4, -0.2) is 17.1 Å². The molecule has 1 nitrogen and oxygen atoms in total. The summed E-state index contributed by atoms with van der Waals surface area (Å²) >= 11 is 0. The summed E-state index contributed by atoms with van der Waals surface area (Å²) in [6.45, 7) is 1.22. The third-order valence-corrected chi connectivity index (χ3v) is 2.37. The Kier molecular flexibility index (Phi) is 1.95. The molecule has 0 radical (unpaired) electrons. The summed E-state index contributed by atoms with van der Waals surface area (Å²) < 4.78 is 24.1. The van der Waals surface area contributed by atoms with E-state index >= 15 is 0 Å². The topological polar surface area (TPSA) is 20.2 Å². The highest BCUT2D eigenvalue weighted by molar-refractivity contribution is 4.89. The van der Waals surface area contributed by atoms with Crippen molar-refractivity contribution in [2.45, 2.75) is 38.2 Å². The lowest BCUT2D eigenvalue weighted by atomic mass is 9.74. The molecule has 1 aliphatic carbocycles. The van der Waals surface area contributed by atoms with E-state index < -0.39 is 12.0 Å². The minimum Gasteiger partial charge on any atom is -0.384 e. The van der Waals surface area contributed by atoms with E-state index in [1.165, 1.54) is 6.92 Å². The first-order valence-corrected chi connectivity index (χ1v) is 3.55. The molecule has 1 aliphatic rings. The summed E-state index contributed by atoms with van der Waals surface area (Å²) in [4.78, 5) is 0. The van der Waals surface area contributed by atoms with Crippen LogP contribution in [0.1, 0.15) is 26.2 Å². The molecule has 1 atom stereocenters. The summed E-state index contributed by atoms with van der Waals surface area (Å²) in [5.41, 5.74) is -1.74. The van der Waals surface area contributed by atoms with Crippen molar-refractivity contribution in [3.63, 3.8) is 0 Å². The van der Waals surface area contributed by atoms with Crippen LogP contribution >= 0.6 is 0 Å². The van der Waals surface area contributed by atoms with Gasteiger partial charge in [-0.25, -0.2) is 8.78 Å². The number of halogens is 2. The average molecular weight is 150 g/mol. The van der Waals surface area contributed by atoms with E-state index in [-0.39, 0.29) is 5.92 Å². The summed E-state index contributed by atoms with van der Waals surface area (Å²) in [6, 6.07) is 0. The van der Waals surface area contributed by atoms with Crippen LogP contribution in [0.25, 0.3) is 0 Å². The molecule has 0 aliphatic heterocycles. The average Bonchev–Trinajstić information content (AvgIpc) is 1.57. The van der Waals surface area contributed by atoms with Crippen molar-refractivity contribution >= 4 is 0 Å². The second-order valence-electron chi connectivity index (χ2n) is 3.15. The summed E-state index contributed by atoms with van der Waals surface area (Å²) in [5, 5.41) is 9.16. The second-order valence-corrected chi connectivity index (χ2v) is 3.15. The zero-order chi connectivity index (χ0) is 7.78. The molecule has 0 amide bonds. The van der Waals surface area contributed by atoms with Crippen molar-refractivity contribution in [3.05, 3.63) is 0 Å². The predicted octanol–water partition coefficient (Wildman–Crippen LogP) is 1.80. The molecule has 1 N–H and O–H groups in total. The van der Waals surface area contributed by atoms with Gasteiger partial charge in [-0.2, -0.15) is 0 Å². The molecule has 0 heterocycles. The van der Waals surface area contributed by atoms with Crippen LogP contribution in [0.2, 0.25) is 0 Å². The van der Waals surface area contributed by atoms with Gasteiger partial charge in [-0.05, 0) is 25.7 Å². The van der Waals surface area contributed by atoms with Gasteiger partial charge in [0.2, 0.25) is 0 Å². The molecular weight excluding hydrogens is 138 g/mol. The molecule has 1 fully saturated rings. The summed E-state index contributed by atoms with van der Waals surface area (Å²) in [6.07, 6.45) is -0.125. The van der Waals surface area contributed by atoms with Crippen LogP contribution in [0.5, 0.6) is 0 Å². The third-order valence-electron chi connectivity index (χ3n) is 2.37. The fraction of sp³-hybridized carbons (Fsp3) is 1.00. The molecule has 0 aromatic heterocycles. The van der Waals surface area contributed by atoms with Crippen molar-refractivity contribution < 1.29 is 13.9 Å². The van der Waals surface area contributed by atoms with Crippen molar-refractivity contribution in [2.75, 3.05) is 0 Å². The monoisotopic (exact) mass is 150 g/mol. The van der Waals surface area contributed by atoms with E-state index in [1.54, 1.807) is 0 Å². The van der Waals surface area contributed by atoms with E-state index in [9.17, 15) is 8.78 Å². The maximum Gasteiger partial charge on any atom is 0.266 e. The van der Waals surface area contributed by atoms with E-state index in [2.05, 4.69) is 0 Å². The lowest BCUT2D eigenvalue weighted by molar-refractivity contribution is -0.138. The van der Waals surface area contributed by atoms with E-state index in [0.29, 0.717) is 0 Å². The normalized spacial score (nSPS) is 26.1. The fourth-order valence-electron chi connectivity index (χ4n) is 1.17. The Morgan fingerprint density at radius 2 is 2.00 bits per heavy atom. The Balaban J connectivity index is 2.48. The molecular formula is C7H12F2O. The first-order valence-electron chi connectivity index (χ1n) is 3.55. The van der Waals surface area contributed by atoms with Crippen LogP contribution in [0.3, 0.4) is 0 Å². The lowest BCUT2D eigenvalue weighted by Gasteiger charge is -2.38. The predicted molar refractivity (Wildman–Crippen MR) is 34.0 cm³/mol. The van der Waals surface area contributed by atoms with Crippen molar-refractivity contribution in [2.24, 2.45) is 5.92 Å². The third kappa shape index (κ3) is 1.15. The van der Waals surface area contributed by atoms with Crippen molar-refractivity contribution in [3.8, 4) is 0 Å². The number of alkyl halides is 2. The molecule has 1 saturated carbocycles. The van der Waals surface area contributed by atoms with E-state index in [4.69, 9.17) is 5.11 Å². The van der Waals surface area contributed by atoms with Crippen LogP contribution in [0, 0.1) is 5.92 Å². The number of hydrogen-bond donors (Lipinski definition) is 1. The maximum atomic E-state index is 12.0. The molecule has 3 heteroatoms. The van der Waals surface area contributed by atoms with Gasteiger partial charge in [0.05, 0.1) is 0 Å². The highest BCUT2D eigenvalue weighted by Crippen LogP contribution is 2.39. The summed E-state index contributed by atoms with van der Waals surface area (Å²) in [5.74, 6) is -0.174. The van der Waals surface area contributed by atoms with Gasteiger partial charge < -0.3 is 5.11 Å². The number of hydrogen-bond acceptors (Lipinski definition) is 1. The van der Waals surface area contributed by atoms with Crippen molar-refractivity contribution in [1.29, 1.82) is 0 Å². The molecule has 60 valence electrons. The first-order chi connectivity index (χ1) is 4.55. The molecule has 0 aromatic carbocycles. The van der Waals surface area contributed by atoms with Gasteiger partial charge in [-0.1, -0.05) is 6.42 Å². The quantitative estimate of drug-likeness (QED) is 0.636. The zero-order valence-electron chi connectivity index (χ0n) is 5.98. The molecule has 0 spiro atoms. The Morgan fingerprint density at radius 1 is 1.50 bits per heavy atom. The van der Waals surface area contributed by atoms with Crippen molar-refractivity contribution in [1.82, 2.24) is 0 Å². The Morgan fingerprint density at radius 3 is 2.10 bits per heavy atom. The van der Waals surface area contributed by atoms with E-state index in [0.717, 1.165) is 19.3 Å². The fourth-order valence-corrected chi connectivity index (χ4v) is 1.17. The smallest absolute Gasteiger partial charge is 0.266 e. The number of aliphatic hydroxyl groups is 1. The largest absolute Gasteiger partial charge is 0.384 e. The van der Waals surface area contributed by atoms with Gasteiger partial charge in [-0.15, -0.1) is 0 Å². The molecule has 0 saturated heterocycles. The summed E-state index contributed by atoms with van der Waals surface area (Å²) in [7, 11) is 0. The van der Waals surface area contributed by atoms with Gasteiger partial charge in [0.1, 0.15) is 5.60 Å². The Bertz CT molecular complexity index is 119.